The van der Waals surface area contributed by atoms with E-state index in [2.05, 4.69) is 4.72 Å². The number of hydrogen-bond acceptors (Lipinski definition) is 3. The van der Waals surface area contributed by atoms with Crippen LogP contribution in [0.2, 0.25) is 5.02 Å². The third kappa shape index (κ3) is 3.62. The molecule has 0 aromatic heterocycles. The molecule has 4 nitrogen and oxygen atoms in total. The van der Waals surface area contributed by atoms with E-state index in [-0.39, 0.29) is 41.6 Å². The van der Waals surface area contributed by atoms with Crippen molar-refractivity contribution in [3.8, 4) is 5.75 Å². The molecule has 1 aromatic carbocycles. The van der Waals surface area contributed by atoms with Gasteiger partial charge in [-0.15, -0.1) is 0 Å². The van der Waals surface area contributed by atoms with Gasteiger partial charge in [0.1, 0.15) is 10.6 Å². The summed E-state index contributed by atoms with van der Waals surface area (Å²) >= 11 is 5.69. The number of hydrogen-bond donors (Lipinski definition) is 1. The van der Waals surface area contributed by atoms with E-state index < -0.39 is 10.0 Å². The summed E-state index contributed by atoms with van der Waals surface area (Å²) in [5, 5.41) is 0.347. The maximum Gasteiger partial charge on any atom is 1.00 e. The fourth-order valence-corrected chi connectivity index (χ4v) is 2.13. The normalized spacial score (nSPS) is 10.6. The molecule has 7 heteroatoms. The molecule has 0 atom stereocenters. The van der Waals surface area contributed by atoms with Crippen molar-refractivity contribution < 1.29 is 44.1 Å². The SMILES string of the molecule is CNS(=O)(=O)c1cc(Cl)ccc1OC.[H-].[Na+]. The van der Waals surface area contributed by atoms with Crippen LogP contribution in [0, 0.1) is 0 Å². The van der Waals surface area contributed by atoms with Crippen molar-refractivity contribution in [3.63, 3.8) is 0 Å². The topological polar surface area (TPSA) is 55.4 Å². The Balaban J connectivity index is 0. The minimum atomic E-state index is -3.52. The fourth-order valence-electron chi connectivity index (χ4n) is 0.971. The molecule has 0 saturated heterocycles. The van der Waals surface area contributed by atoms with Gasteiger partial charge in [-0.25, -0.2) is 13.1 Å². The van der Waals surface area contributed by atoms with Crippen LogP contribution in [-0.4, -0.2) is 22.6 Å². The molecule has 0 fully saturated rings. The van der Waals surface area contributed by atoms with Gasteiger partial charge in [0.05, 0.1) is 7.11 Å². The molecule has 0 aliphatic carbocycles. The number of halogens is 1. The fraction of sp³-hybridized carbons (Fsp3) is 0.250. The van der Waals surface area contributed by atoms with E-state index >= 15 is 0 Å². The largest absolute Gasteiger partial charge is 1.00 e. The van der Waals surface area contributed by atoms with Crippen molar-refractivity contribution >= 4 is 21.6 Å². The number of methoxy groups -OCH3 is 1. The average molecular weight is 260 g/mol. The minimum Gasteiger partial charge on any atom is -1.00 e. The molecule has 0 saturated carbocycles. The van der Waals surface area contributed by atoms with Gasteiger partial charge in [-0.05, 0) is 25.2 Å². The van der Waals surface area contributed by atoms with Gasteiger partial charge in [0.2, 0.25) is 10.0 Å². The van der Waals surface area contributed by atoms with Crippen LogP contribution in [0.25, 0.3) is 0 Å². The van der Waals surface area contributed by atoms with E-state index in [4.69, 9.17) is 16.3 Å². The molecular formula is C8H11ClNNaO3S. The summed E-state index contributed by atoms with van der Waals surface area (Å²) < 4.78 is 30.1. The second-order valence-corrected chi connectivity index (χ2v) is 4.79. The van der Waals surface area contributed by atoms with Crippen molar-refractivity contribution in [3.05, 3.63) is 23.2 Å². The van der Waals surface area contributed by atoms with Crippen molar-refractivity contribution in [2.24, 2.45) is 0 Å². The maximum atomic E-state index is 11.5. The maximum absolute atomic E-state index is 11.5. The van der Waals surface area contributed by atoms with Gasteiger partial charge in [0.15, 0.2) is 0 Å². The first-order valence-corrected chi connectivity index (χ1v) is 5.64. The molecule has 1 aromatic rings. The third-order valence-electron chi connectivity index (χ3n) is 1.68. The quantitative estimate of drug-likeness (QED) is 0.664. The van der Waals surface area contributed by atoms with Gasteiger partial charge in [-0.1, -0.05) is 11.6 Å². The summed E-state index contributed by atoms with van der Waals surface area (Å²) in [4.78, 5) is 0.0370. The molecule has 0 aliphatic rings. The zero-order chi connectivity index (χ0) is 10.8. The summed E-state index contributed by atoms with van der Waals surface area (Å²) in [6.45, 7) is 0. The molecule has 0 aliphatic heterocycles. The van der Waals surface area contributed by atoms with Crippen LogP contribution in [0.3, 0.4) is 0 Å². The van der Waals surface area contributed by atoms with Gasteiger partial charge >= 0.3 is 29.6 Å². The number of rotatable bonds is 3. The van der Waals surface area contributed by atoms with E-state index in [1.165, 1.54) is 26.3 Å². The first-order valence-electron chi connectivity index (χ1n) is 3.78. The van der Waals surface area contributed by atoms with Crippen LogP contribution < -0.4 is 39.0 Å². The predicted molar refractivity (Wildman–Crippen MR) is 55.4 cm³/mol. The zero-order valence-corrected chi connectivity index (χ0v) is 12.3. The van der Waals surface area contributed by atoms with Crippen molar-refractivity contribution in [2.75, 3.05) is 14.2 Å². The Bertz CT molecular complexity index is 441. The molecule has 15 heavy (non-hydrogen) atoms. The Kier molecular flexibility index (Phi) is 6.17. The van der Waals surface area contributed by atoms with Gasteiger partial charge in [0.25, 0.3) is 0 Å². The Morgan fingerprint density at radius 1 is 1.47 bits per heavy atom. The summed E-state index contributed by atoms with van der Waals surface area (Å²) in [6.07, 6.45) is 0. The van der Waals surface area contributed by atoms with Gasteiger partial charge in [0, 0.05) is 5.02 Å². The standard InChI is InChI=1S/C8H10ClNO3S.Na.H/c1-10-14(11,12)8-5-6(9)3-4-7(8)13-2;;/h3-5,10H,1-2H3;;/q;+1;-1. The van der Waals surface area contributed by atoms with Gasteiger partial charge in [-0.2, -0.15) is 0 Å². The molecule has 80 valence electrons. The van der Waals surface area contributed by atoms with E-state index in [1.54, 1.807) is 6.07 Å². The average Bonchev–Trinajstić information content (AvgIpc) is 2.18. The summed E-state index contributed by atoms with van der Waals surface area (Å²) in [5.74, 6) is 0.267. The summed E-state index contributed by atoms with van der Waals surface area (Å²) in [6, 6.07) is 4.41. The van der Waals surface area contributed by atoms with Crippen molar-refractivity contribution in [1.82, 2.24) is 4.72 Å². The Morgan fingerprint density at radius 2 is 2.07 bits per heavy atom. The minimum absolute atomic E-state index is 0. The molecule has 0 heterocycles. The van der Waals surface area contributed by atoms with E-state index in [1.807, 2.05) is 0 Å². The molecule has 0 amide bonds. The van der Waals surface area contributed by atoms with E-state index in [0.29, 0.717) is 5.02 Å². The number of nitrogens with one attached hydrogen (secondary N) is 1. The van der Waals surface area contributed by atoms with Gasteiger partial charge < -0.3 is 6.16 Å². The van der Waals surface area contributed by atoms with Crippen LogP contribution in [0.15, 0.2) is 23.1 Å². The molecule has 0 bridgehead atoms. The summed E-state index contributed by atoms with van der Waals surface area (Å²) in [7, 11) is -0.793. The molecule has 1 rings (SSSR count). The first-order chi connectivity index (χ1) is 6.51. The number of benzene rings is 1. The second-order valence-electron chi connectivity index (χ2n) is 2.50. The van der Waals surface area contributed by atoms with Crippen molar-refractivity contribution in [2.45, 2.75) is 4.90 Å². The molecule has 0 spiro atoms. The van der Waals surface area contributed by atoms with Crippen LogP contribution >= 0.6 is 11.6 Å². The Morgan fingerprint density at radius 3 is 2.53 bits per heavy atom. The smallest absolute Gasteiger partial charge is 1.00 e. The first kappa shape index (κ1) is 15.2. The summed E-state index contributed by atoms with van der Waals surface area (Å²) in [5.41, 5.74) is 0. The molecular weight excluding hydrogens is 249 g/mol. The van der Waals surface area contributed by atoms with Crippen LogP contribution in [0.1, 0.15) is 1.43 Å². The molecule has 0 unspecified atom stereocenters. The molecule has 0 radical (unpaired) electrons. The Labute approximate surface area is 118 Å². The monoisotopic (exact) mass is 259 g/mol. The molecule has 1 N–H and O–H groups in total. The van der Waals surface area contributed by atoms with E-state index in [9.17, 15) is 8.42 Å². The van der Waals surface area contributed by atoms with Gasteiger partial charge in [-0.3, -0.25) is 0 Å². The van der Waals surface area contributed by atoms with Crippen LogP contribution in [0.5, 0.6) is 5.75 Å². The third-order valence-corrected chi connectivity index (χ3v) is 3.35. The Hall–Kier alpha value is 0.220. The van der Waals surface area contributed by atoms with Crippen LogP contribution in [0.4, 0.5) is 0 Å². The zero-order valence-electron chi connectivity index (χ0n) is 9.74. The van der Waals surface area contributed by atoms with Crippen LogP contribution in [-0.2, 0) is 10.0 Å². The number of sulfonamides is 1. The second kappa shape index (κ2) is 6.08. The van der Waals surface area contributed by atoms with Crippen molar-refractivity contribution in [1.29, 1.82) is 0 Å². The van der Waals surface area contributed by atoms with E-state index in [0.717, 1.165) is 0 Å². The predicted octanol–water partition coefficient (Wildman–Crippen LogP) is -1.63. The number of ether oxygens (including phenoxy) is 1.